The number of ether oxygens (including phenoxy) is 3. The van der Waals surface area contributed by atoms with Gasteiger partial charge in [0.25, 0.3) is 5.91 Å². The minimum absolute atomic E-state index is 0.0606. The average Bonchev–Trinajstić information content (AvgIpc) is 3.76. The Morgan fingerprint density at radius 3 is 1.97 bits per heavy atom. The van der Waals surface area contributed by atoms with E-state index in [9.17, 15) is 9.59 Å². The highest BCUT2D eigenvalue weighted by Gasteiger charge is 2.38. The lowest BCUT2D eigenvalue weighted by atomic mass is 9.93. The molecule has 188 valence electrons. The number of methoxy groups -OCH3 is 3. The van der Waals surface area contributed by atoms with E-state index in [1.807, 2.05) is 29.2 Å². The summed E-state index contributed by atoms with van der Waals surface area (Å²) in [7, 11) is 4.79. The smallest absolute Gasteiger partial charge is 0.254 e. The second-order valence-electron chi connectivity index (χ2n) is 9.56. The molecule has 4 rings (SSSR count). The quantitative estimate of drug-likeness (QED) is 0.532. The highest BCUT2D eigenvalue weighted by atomic mass is 16.5. The van der Waals surface area contributed by atoms with Gasteiger partial charge in [0, 0.05) is 43.2 Å². The first-order chi connectivity index (χ1) is 16.9. The standard InChI is InChI=1S/C28H36N2O5/c1-19(21-7-8-21)30(18-20-5-9-24(33-2)10-6-20)28(32)22-11-13-29(14-12-22)27(31)23-15-25(34-3)17-26(16-23)35-4/h5-6,9-10,15-17,19,21-22H,7-8,11-14,18H2,1-4H3. The van der Waals surface area contributed by atoms with E-state index in [4.69, 9.17) is 14.2 Å². The summed E-state index contributed by atoms with van der Waals surface area (Å²) in [6.45, 7) is 3.89. The predicted octanol–water partition coefficient (Wildman–Crippen LogP) is 4.39. The molecule has 1 saturated carbocycles. The molecule has 35 heavy (non-hydrogen) atoms. The van der Waals surface area contributed by atoms with Gasteiger partial charge in [-0.15, -0.1) is 0 Å². The summed E-state index contributed by atoms with van der Waals surface area (Å²) in [5.41, 5.74) is 1.64. The molecule has 2 aliphatic rings. The second kappa shape index (κ2) is 11.0. The molecule has 0 spiro atoms. The van der Waals surface area contributed by atoms with Gasteiger partial charge in [0.15, 0.2) is 0 Å². The molecule has 1 unspecified atom stereocenters. The molecule has 2 amide bonds. The molecule has 0 aromatic heterocycles. The fraction of sp³-hybridized carbons (Fsp3) is 0.500. The van der Waals surface area contributed by atoms with Gasteiger partial charge in [-0.3, -0.25) is 9.59 Å². The lowest BCUT2D eigenvalue weighted by Crippen LogP contribution is -2.47. The average molecular weight is 481 g/mol. The van der Waals surface area contributed by atoms with Crippen LogP contribution in [0.1, 0.15) is 48.5 Å². The van der Waals surface area contributed by atoms with E-state index in [0.29, 0.717) is 55.5 Å². The molecule has 0 N–H and O–H groups in total. The third-order valence-corrected chi connectivity index (χ3v) is 7.32. The first-order valence-electron chi connectivity index (χ1n) is 12.4. The van der Waals surface area contributed by atoms with Crippen LogP contribution in [0.2, 0.25) is 0 Å². The number of hydrogen-bond donors (Lipinski definition) is 0. The van der Waals surface area contributed by atoms with Gasteiger partial charge in [-0.05, 0) is 68.4 Å². The topological polar surface area (TPSA) is 68.3 Å². The van der Waals surface area contributed by atoms with E-state index < -0.39 is 0 Å². The monoisotopic (exact) mass is 480 g/mol. The zero-order valence-electron chi connectivity index (χ0n) is 21.2. The molecular weight excluding hydrogens is 444 g/mol. The normalized spacial score (nSPS) is 17.0. The first kappa shape index (κ1) is 24.9. The Balaban J connectivity index is 1.41. The maximum atomic E-state index is 13.7. The van der Waals surface area contributed by atoms with Crippen LogP contribution in [0, 0.1) is 11.8 Å². The Morgan fingerprint density at radius 2 is 1.46 bits per heavy atom. The molecule has 1 heterocycles. The molecule has 1 aliphatic heterocycles. The Hall–Kier alpha value is -3.22. The molecule has 1 atom stereocenters. The van der Waals surface area contributed by atoms with Crippen LogP contribution < -0.4 is 14.2 Å². The van der Waals surface area contributed by atoms with Crippen molar-refractivity contribution in [2.24, 2.45) is 11.8 Å². The molecule has 1 aliphatic carbocycles. The highest BCUT2D eigenvalue weighted by Crippen LogP contribution is 2.37. The minimum atomic E-state index is -0.0710. The molecular formula is C28H36N2O5. The molecule has 2 aromatic rings. The summed E-state index contributed by atoms with van der Waals surface area (Å²) < 4.78 is 15.9. The van der Waals surface area contributed by atoms with E-state index in [1.165, 1.54) is 12.8 Å². The second-order valence-corrected chi connectivity index (χ2v) is 9.56. The maximum absolute atomic E-state index is 13.7. The van der Waals surface area contributed by atoms with Gasteiger partial charge in [-0.25, -0.2) is 0 Å². The zero-order chi connectivity index (χ0) is 24.9. The third kappa shape index (κ3) is 5.89. The van der Waals surface area contributed by atoms with Gasteiger partial charge in [0.1, 0.15) is 17.2 Å². The van der Waals surface area contributed by atoms with Gasteiger partial charge >= 0.3 is 0 Å². The molecule has 0 radical (unpaired) electrons. The van der Waals surface area contributed by atoms with Crippen LogP contribution >= 0.6 is 0 Å². The van der Waals surface area contributed by atoms with Crippen LogP contribution in [0.15, 0.2) is 42.5 Å². The number of carbonyl (C=O) groups is 2. The van der Waals surface area contributed by atoms with Crippen molar-refractivity contribution < 1.29 is 23.8 Å². The number of hydrogen-bond acceptors (Lipinski definition) is 5. The summed E-state index contributed by atoms with van der Waals surface area (Å²) in [6.07, 6.45) is 3.71. The summed E-state index contributed by atoms with van der Waals surface area (Å²) in [4.78, 5) is 30.7. The van der Waals surface area contributed by atoms with E-state index in [1.54, 1.807) is 39.5 Å². The molecule has 2 fully saturated rings. The number of carbonyl (C=O) groups excluding carboxylic acids is 2. The van der Waals surface area contributed by atoms with Crippen molar-refractivity contribution in [1.82, 2.24) is 9.80 Å². The number of piperidine rings is 1. The van der Waals surface area contributed by atoms with Gasteiger partial charge in [-0.1, -0.05) is 12.1 Å². The lowest BCUT2D eigenvalue weighted by Gasteiger charge is -2.37. The van der Waals surface area contributed by atoms with Crippen LogP contribution in [0.5, 0.6) is 17.2 Å². The largest absolute Gasteiger partial charge is 0.497 e. The maximum Gasteiger partial charge on any atom is 0.254 e. The van der Waals surface area contributed by atoms with Crippen LogP contribution in [0.3, 0.4) is 0 Å². The predicted molar refractivity (Wildman–Crippen MR) is 134 cm³/mol. The van der Waals surface area contributed by atoms with Gasteiger partial charge in [0.05, 0.1) is 21.3 Å². The Morgan fingerprint density at radius 1 is 0.886 bits per heavy atom. The molecule has 7 heteroatoms. The Kier molecular flexibility index (Phi) is 7.83. The zero-order valence-corrected chi connectivity index (χ0v) is 21.2. The van der Waals surface area contributed by atoms with Crippen LogP contribution in [0.4, 0.5) is 0 Å². The van der Waals surface area contributed by atoms with Crippen molar-refractivity contribution in [2.45, 2.75) is 45.2 Å². The van der Waals surface area contributed by atoms with Gasteiger partial charge < -0.3 is 24.0 Å². The van der Waals surface area contributed by atoms with E-state index in [-0.39, 0.29) is 23.8 Å². The number of rotatable bonds is 9. The van der Waals surface area contributed by atoms with Crippen molar-refractivity contribution in [3.05, 3.63) is 53.6 Å². The van der Waals surface area contributed by atoms with Crippen molar-refractivity contribution in [1.29, 1.82) is 0 Å². The van der Waals surface area contributed by atoms with Crippen molar-refractivity contribution in [3.8, 4) is 17.2 Å². The van der Waals surface area contributed by atoms with Gasteiger partial charge in [0.2, 0.25) is 5.91 Å². The molecule has 1 saturated heterocycles. The molecule has 0 bridgehead atoms. The Bertz CT molecular complexity index is 1000. The Labute approximate surface area is 207 Å². The molecule has 2 aromatic carbocycles. The number of nitrogens with zero attached hydrogens (tertiary/aromatic N) is 2. The summed E-state index contributed by atoms with van der Waals surface area (Å²) in [5, 5.41) is 0. The summed E-state index contributed by atoms with van der Waals surface area (Å²) in [6, 6.07) is 13.4. The van der Waals surface area contributed by atoms with E-state index >= 15 is 0 Å². The van der Waals surface area contributed by atoms with E-state index in [2.05, 4.69) is 11.8 Å². The van der Waals surface area contributed by atoms with Gasteiger partial charge in [-0.2, -0.15) is 0 Å². The van der Waals surface area contributed by atoms with Crippen molar-refractivity contribution in [3.63, 3.8) is 0 Å². The van der Waals surface area contributed by atoms with E-state index in [0.717, 1.165) is 11.3 Å². The number of likely N-dealkylation sites (tertiary alicyclic amines) is 1. The fourth-order valence-corrected chi connectivity index (χ4v) is 4.86. The highest BCUT2D eigenvalue weighted by molar-refractivity contribution is 5.95. The fourth-order valence-electron chi connectivity index (χ4n) is 4.86. The van der Waals surface area contributed by atoms with Crippen molar-refractivity contribution in [2.75, 3.05) is 34.4 Å². The lowest BCUT2D eigenvalue weighted by molar-refractivity contribution is -0.140. The third-order valence-electron chi connectivity index (χ3n) is 7.32. The summed E-state index contributed by atoms with van der Waals surface area (Å²) in [5.74, 6) is 2.64. The van der Waals surface area contributed by atoms with Crippen LogP contribution in [0.25, 0.3) is 0 Å². The number of amides is 2. The minimum Gasteiger partial charge on any atom is -0.497 e. The van der Waals surface area contributed by atoms with Crippen molar-refractivity contribution >= 4 is 11.8 Å². The van der Waals surface area contributed by atoms with Crippen LogP contribution in [-0.2, 0) is 11.3 Å². The SMILES string of the molecule is COc1ccc(CN(C(=O)C2CCN(C(=O)c3cc(OC)cc(OC)c3)CC2)C(C)C2CC2)cc1. The molecule has 7 nitrogen and oxygen atoms in total. The first-order valence-corrected chi connectivity index (χ1v) is 12.4. The number of benzene rings is 2. The summed E-state index contributed by atoms with van der Waals surface area (Å²) >= 11 is 0. The van der Waals surface area contributed by atoms with Crippen LogP contribution in [-0.4, -0.2) is 62.1 Å².